The van der Waals surface area contributed by atoms with Crippen LogP contribution in [-0.2, 0) is 22.5 Å². The van der Waals surface area contributed by atoms with Crippen molar-refractivity contribution in [3.63, 3.8) is 0 Å². The molecule has 112 valence electrons. The summed E-state index contributed by atoms with van der Waals surface area (Å²) in [5, 5.41) is 0. The minimum atomic E-state index is -0.182. The highest BCUT2D eigenvalue weighted by Crippen LogP contribution is 2.14. The Morgan fingerprint density at radius 1 is 1.15 bits per heavy atom. The number of carbonyl (C=O) groups is 1. The summed E-state index contributed by atoms with van der Waals surface area (Å²) in [5.74, 6) is 0.987. The molecule has 20 heavy (non-hydrogen) atoms. The van der Waals surface area contributed by atoms with Crippen LogP contribution in [0.1, 0.15) is 17.5 Å². The van der Waals surface area contributed by atoms with Gasteiger partial charge in [-0.2, -0.15) is 0 Å². The van der Waals surface area contributed by atoms with Crippen molar-refractivity contribution in [2.24, 2.45) is 0 Å². The molecule has 0 heterocycles. The number of benzene rings is 1. The lowest BCUT2D eigenvalue weighted by molar-refractivity contribution is -0.140. The molecule has 5 heteroatoms. The first-order chi connectivity index (χ1) is 9.71. The maximum atomic E-state index is 11.3. The zero-order valence-corrected chi connectivity index (χ0v) is 13.3. The Morgan fingerprint density at radius 3 is 2.30 bits per heavy atom. The van der Waals surface area contributed by atoms with Crippen LogP contribution >= 0.6 is 23.2 Å². The minimum absolute atomic E-state index is 0.182. The number of hydrogen-bond acceptors (Lipinski definition) is 3. The van der Waals surface area contributed by atoms with Crippen molar-refractivity contribution in [1.29, 1.82) is 0 Å². The number of esters is 1. The van der Waals surface area contributed by atoms with Crippen LogP contribution < -0.4 is 0 Å². The highest BCUT2D eigenvalue weighted by molar-refractivity contribution is 6.18. The lowest BCUT2D eigenvalue weighted by Gasteiger charge is -2.21. The van der Waals surface area contributed by atoms with E-state index < -0.39 is 0 Å². The van der Waals surface area contributed by atoms with Gasteiger partial charge >= 0.3 is 5.97 Å². The smallest absolute Gasteiger partial charge is 0.305 e. The van der Waals surface area contributed by atoms with E-state index in [1.165, 1.54) is 18.2 Å². The number of hydrogen-bond donors (Lipinski definition) is 0. The van der Waals surface area contributed by atoms with Crippen molar-refractivity contribution >= 4 is 29.2 Å². The van der Waals surface area contributed by atoms with Crippen LogP contribution in [0.4, 0.5) is 0 Å². The first kappa shape index (κ1) is 17.3. The van der Waals surface area contributed by atoms with Gasteiger partial charge < -0.3 is 4.74 Å². The summed E-state index contributed by atoms with van der Waals surface area (Å²) in [6, 6.07) is 8.14. The summed E-state index contributed by atoms with van der Waals surface area (Å²) in [7, 11) is 1.41. The number of aryl methyl sites for hydroxylation is 1. The fraction of sp³-hybridized carbons (Fsp3) is 0.533. The molecule has 0 bridgehead atoms. The maximum absolute atomic E-state index is 11.3. The van der Waals surface area contributed by atoms with Crippen molar-refractivity contribution in [2.75, 3.05) is 32.0 Å². The van der Waals surface area contributed by atoms with E-state index in [0.717, 1.165) is 19.6 Å². The number of halogens is 2. The van der Waals surface area contributed by atoms with Crippen molar-refractivity contribution in [2.45, 2.75) is 19.4 Å². The molecule has 1 aromatic carbocycles. The van der Waals surface area contributed by atoms with E-state index in [4.69, 9.17) is 23.2 Å². The Kier molecular flexibility index (Phi) is 8.67. The van der Waals surface area contributed by atoms with E-state index in [2.05, 4.69) is 21.8 Å². The number of methoxy groups -OCH3 is 1. The molecular formula is C15H21Cl2NO2. The third-order valence-corrected chi connectivity index (χ3v) is 3.48. The van der Waals surface area contributed by atoms with Crippen LogP contribution in [0, 0.1) is 0 Å². The predicted octanol–water partition coefficient (Wildman–Crippen LogP) is 3.07. The summed E-state index contributed by atoms with van der Waals surface area (Å²) in [6.07, 6.45) is 1.09. The zero-order chi connectivity index (χ0) is 14.8. The van der Waals surface area contributed by atoms with E-state index >= 15 is 0 Å². The monoisotopic (exact) mass is 317 g/mol. The van der Waals surface area contributed by atoms with E-state index in [-0.39, 0.29) is 5.97 Å². The summed E-state index contributed by atoms with van der Waals surface area (Å²) < 4.78 is 4.69. The summed E-state index contributed by atoms with van der Waals surface area (Å²) in [5.41, 5.74) is 2.39. The second-order valence-corrected chi connectivity index (χ2v) is 5.25. The second kappa shape index (κ2) is 10.0. The largest absolute Gasteiger partial charge is 0.469 e. The van der Waals surface area contributed by atoms with Gasteiger partial charge in [0, 0.05) is 37.8 Å². The molecule has 1 aromatic rings. The van der Waals surface area contributed by atoms with Crippen LogP contribution in [0.3, 0.4) is 0 Å². The van der Waals surface area contributed by atoms with Gasteiger partial charge in [-0.15, -0.1) is 23.2 Å². The molecule has 0 aliphatic heterocycles. The van der Waals surface area contributed by atoms with Crippen LogP contribution in [-0.4, -0.2) is 42.8 Å². The molecule has 0 radical (unpaired) electrons. The van der Waals surface area contributed by atoms with Crippen molar-refractivity contribution in [1.82, 2.24) is 4.90 Å². The average Bonchev–Trinajstić information content (AvgIpc) is 2.46. The van der Waals surface area contributed by atoms with Gasteiger partial charge in [0.15, 0.2) is 0 Å². The Bertz CT molecular complexity index is 407. The standard InChI is InChI=1S/C15H21Cl2NO2/c1-20-15(19)7-6-13-4-2-3-5-14(13)12-18(10-8-16)11-9-17/h2-5H,6-12H2,1H3. The minimum Gasteiger partial charge on any atom is -0.469 e. The lowest BCUT2D eigenvalue weighted by Crippen LogP contribution is -2.28. The average molecular weight is 318 g/mol. The van der Waals surface area contributed by atoms with Gasteiger partial charge in [0.2, 0.25) is 0 Å². The van der Waals surface area contributed by atoms with Gasteiger partial charge in [-0.3, -0.25) is 9.69 Å². The highest BCUT2D eigenvalue weighted by Gasteiger charge is 2.10. The zero-order valence-electron chi connectivity index (χ0n) is 11.8. The van der Waals surface area contributed by atoms with Crippen LogP contribution in [0.2, 0.25) is 0 Å². The first-order valence-electron chi connectivity index (χ1n) is 6.69. The molecule has 0 N–H and O–H groups in total. The van der Waals surface area contributed by atoms with E-state index in [1.54, 1.807) is 0 Å². The molecule has 0 aromatic heterocycles. The molecule has 0 saturated heterocycles. The summed E-state index contributed by atoms with van der Waals surface area (Å²) in [6.45, 7) is 2.41. The quantitative estimate of drug-likeness (QED) is 0.518. The third kappa shape index (κ3) is 6.12. The van der Waals surface area contributed by atoms with Crippen LogP contribution in [0.15, 0.2) is 24.3 Å². The molecular weight excluding hydrogens is 297 g/mol. The molecule has 0 aliphatic rings. The molecule has 0 amide bonds. The number of nitrogens with zero attached hydrogens (tertiary/aromatic N) is 1. The molecule has 0 spiro atoms. The third-order valence-electron chi connectivity index (χ3n) is 3.14. The fourth-order valence-electron chi connectivity index (χ4n) is 2.04. The number of carbonyl (C=O) groups excluding carboxylic acids is 1. The number of alkyl halides is 2. The van der Waals surface area contributed by atoms with Gasteiger partial charge in [-0.05, 0) is 17.5 Å². The maximum Gasteiger partial charge on any atom is 0.305 e. The topological polar surface area (TPSA) is 29.5 Å². The van der Waals surface area contributed by atoms with Gasteiger partial charge in [0.05, 0.1) is 7.11 Å². The van der Waals surface area contributed by atoms with Gasteiger partial charge in [-0.25, -0.2) is 0 Å². The molecule has 3 nitrogen and oxygen atoms in total. The van der Waals surface area contributed by atoms with E-state index in [1.807, 2.05) is 12.1 Å². The number of rotatable bonds is 9. The summed E-state index contributed by atoms with van der Waals surface area (Å²) >= 11 is 11.6. The first-order valence-corrected chi connectivity index (χ1v) is 7.76. The molecule has 0 unspecified atom stereocenters. The Hall–Kier alpha value is -0.770. The molecule has 0 aliphatic carbocycles. The molecule has 1 rings (SSSR count). The van der Waals surface area contributed by atoms with Crippen LogP contribution in [0.25, 0.3) is 0 Å². The number of ether oxygens (including phenoxy) is 1. The molecule has 0 atom stereocenters. The Morgan fingerprint density at radius 2 is 1.75 bits per heavy atom. The van der Waals surface area contributed by atoms with Crippen molar-refractivity contribution in [3.05, 3.63) is 35.4 Å². The SMILES string of the molecule is COC(=O)CCc1ccccc1CN(CCCl)CCCl. The Balaban J connectivity index is 2.70. The van der Waals surface area contributed by atoms with Crippen molar-refractivity contribution < 1.29 is 9.53 Å². The van der Waals surface area contributed by atoms with E-state index in [9.17, 15) is 4.79 Å². The normalized spacial score (nSPS) is 10.8. The Labute approximate surface area is 130 Å². The van der Waals surface area contributed by atoms with Crippen LogP contribution in [0.5, 0.6) is 0 Å². The van der Waals surface area contributed by atoms with Gasteiger partial charge in [-0.1, -0.05) is 24.3 Å². The predicted molar refractivity (Wildman–Crippen MR) is 83.5 cm³/mol. The second-order valence-electron chi connectivity index (χ2n) is 4.50. The van der Waals surface area contributed by atoms with E-state index in [0.29, 0.717) is 24.6 Å². The fourth-order valence-corrected chi connectivity index (χ4v) is 2.52. The highest BCUT2D eigenvalue weighted by atomic mass is 35.5. The van der Waals surface area contributed by atoms with Gasteiger partial charge in [0.1, 0.15) is 0 Å². The van der Waals surface area contributed by atoms with Crippen molar-refractivity contribution in [3.8, 4) is 0 Å². The van der Waals surface area contributed by atoms with Gasteiger partial charge in [0.25, 0.3) is 0 Å². The molecule has 0 saturated carbocycles. The summed E-state index contributed by atoms with van der Waals surface area (Å²) in [4.78, 5) is 13.5. The molecule has 0 fully saturated rings. The lowest BCUT2D eigenvalue weighted by atomic mass is 10.0.